The lowest BCUT2D eigenvalue weighted by Gasteiger charge is -2.08. The first-order chi connectivity index (χ1) is 13.9. The van der Waals surface area contributed by atoms with Gasteiger partial charge in [0.1, 0.15) is 11.2 Å². The van der Waals surface area contributed by atoms with Gasteiger partial charge >= 0.3 is 5.97 Å². The van der Waals surface area contributed by atoms with Gasteiger partial charge in [0, 0.05) is 12.6 Å². The van der Waals surface area contributed by atoms with Crippen LogP contribution in [0.3, 0.4) is 0 Å². The Morgan fingerprint density at radius 2 is 1.83 bits per heavy atom. The van der Waals surface area contributed by atoms with Crippen molar-refractivity contribution in [2.75, 3.05) is 0 Å². The van der Waals surface area contributed by atoms with E-state index in [0.29, 0.717) is 32.5 Å². The number of fused-ring (bicyclic) bond motifs is 5. The van der Waals surface area contributed by atoms with Crippen molar-refractivity contribution in [1.29, 1.82) is 0 Å². The largest absolute Gasteiger partial charge is 0.424 e. The molecule has 0 N–H and O–H groups in total. The summed E-state index contributed by atoms with van der Waals surface area (Å²) >= 11 is 12.3. The maximum Gasteiger partial charge on any atom is 0.308 e. The molecule has 0 aliphatic heterocycles. The summed E-state index contributed by atoms with van der Waals surface area (Å²) in [6.07, 6.45) is 1.72. The molecule has 6 nitrogen and oxygen atoms in total. The maximum absolute atomic E-state index is 11.8. The van der Waals surface area contributed by atoms with Crippen LogP contribution in [0, 0.1) is 6.92 Å². The van der Waals surface area contributed by atoms with E-state index in [0.717, 1.165) is 22.5 Å². The summed E-state index contributed by atoms with van der Waals surface area (Å²) < 4.78 is 9.30. The molecule has 3 heterocycles. The van der Waals surface area contributed by atoms with Crippen LogP contribution in [0.25, 0.3) is 33.4 Å². The van der Waals surface area contributed by atoms with Crippen LogP contribution in [0.15, 0.2) is 48.7 Å². The number of rotatable bonds is 2. The second-order valence-electron chi connectivity index (χ2n) is 6.67. The Morgan fingerprint density at radius 3 is 2.59 bits per heavy atom. The minimum absolute atomic E-state index is 0.381. The molecule has 2 aromatic carbocycles. The van der Waals surface area contributed by atoms with Gasteiger partial charge in [-0.25, -0.2) is 9.97 Å². The van der Waals surface area contributed by atoms with Crippen LogP contribution in [0.1, 0.15) is 12.7 Å². The van der Waals surface area contributed by atoms with Crippen molar-refractivity contribution in [1.82, 2.24) is 18.9 Å². The second kappa shape index (κ2) is 6.47. The number of hydrogen-bond acceptors (Lipinski definition) is 4. The molecule has 5 aromatic rings. The van der Waals surface area contributed by atoms with Gasteiger partial charge in [-0.2, -0.15) is 0 Å². The average Bonchev–Trinajstić information content (AvgIpc) is 3.22. The first-order valence-corrected chi connectivity index (χ1v) is 9.62. The zero-order valence-electron chi connectivity index (χ0n) is 15.5. The Balaban J connectivity index is 1.93. The molecule has 0 bridgehead atoms. The zero-order valence-corrected chi connectivity index (χ0v) is 17.0. The molecule has 0 fully saturated rings. The number of benzene rings is 2. The summed E-state index contributed by atoms with van der Waals surface area (Å²) in [7, 11) is 0. The lowest BCUT2D eigenvalue weighted by molar-refractivity contribution is -0.131. The molecule has 8 heteroatoms. The molecule has 0 saturated heterocycles. The summed E-state index contributed by atoms with van der Waals surface area (Å²) in [4.78, 5) is 21.3. The predicted molar refractivity (Wildman–Crippen MR) is 113 cm³/mol. The van der Waals surface area contributed by atoms with Crippen LogP contribution in [0.5, 0.6) is 5.75 Å². The SMILES string of the molecule is CC(=O)Oc1cn(-c2ccc(Cl)c(Cl)c2)c2nc(C)n3c4ccccc4nc3c12. The highest BCUT2D eigenvalue weighted by Crippen LogP contribution is 2.36. The third-order valence-corrected chi connectivity index (χ3v) is 5.49. The third-order valence-electron chi connectivity index (χ3n) is 4.76. The molecule has 0 radical (unpaired) electrons. The smallest absolute Gasteiger partial charge is 0.308 e. The number of carbonyl (C=O) groups is 1. The number of aromatic nitrogens is 4. The van der Waals surface area contributed by atoms with E-state index in [-0.39, 0.29) is 0 Å². The minimum Gasteiger partial charge on any atom is -0.424 e. The first-order valence-electron chi connectivity index (χ1n) is 8.87. The van der Waals surface area contributed by atoms with Crippen molar-refractivity contribution < 1.29 is 9.53 Å². The molecule has 29 heavy (non-hydrogen) atoms. The van der Waals surface area contributed by atoms with Gasteiger partial charge in [-0.3, -0.25) is 13.8 Å². The van der Waals surface area contributed by atoms with Crippen LogP contribution in [-0.4, -0.2) is 24.9 Å². The highest BCUT2D eigenvalue weighted by Gasteiger charge is 2.21. The topological polar surface area (TPSA) is 61.4 Å². The lowest BCUT2D eigenvalue weighted by Crippen LogP contribution is -2.02. The number of halogens is 2. The number of para-hydroxylation sites is 2. The highest BCUT2D eigenvalue weighted by atomic mass is 35.5. The van der Waals surface area contributed by atoms with Crippen LogP contribution < -0.4 is 4.74 Å². The summed E-state index contributed by atoms with van der Waals surface area (Å²) in [5, 5.41) is 1.52. The van der Waals surface area contributed by atoms with Crippen molar-refractivity contribution in [3.8, 4) is 11.4 Å². The molecule has 0 atom stereocenters. The van der Waals surface area contributed by atoms with E-state index < -0.39 is 5.97 Å². The Kier molecular flexibility index (Phi) is 4.01. The van der Waals surface area contributed by atoms with Gasteiger partial charge < -0.3 is 4.74 Å². The fourth-order valence-corrected chi connectivity index (χ4v) is 3.87. The van der Waals surface area contributed by atoms with Gasteiger partial charge in [0.05, 0.1) is 27.3 Å². The summed E-state index contributed by atoms with van der Waals surface area (Å²) in [6, 6.07) is 13.1. The normalized spacial score (nSPS) is 11.6. The van der Waals surface area contributed by atoms with Gasteiger partial charge in [0.15, 0.2) is 17.0 Å². The van der Waals surface area contributed by atoms with E-state index >= 15 is 0 Å². The standard InChI is InChI=1S/C21H14Cl2N4O2/c1-11-24-20-19(21-25-16-5-3-4-6-17(16)27(11)21)18(29-12(2)28)10-26(20)13-7-8-14(22)15(23)9-13/h3-10H,1-2H3. The van der Waals surface area contributed by atoms with E-state index in [1.807, 2.05) is 46.2 Å². The predicted octanol–water partition coefficient (Wildman–Crippen LogP) is 5.37. The van der Waals surface area contributed by atoms with E-state index in [1.165, 1.54) is 6.92 Å². The molecule has 3 aromatic heterocycles. The first kappa shape index (κ1) is 18.0. The van der Waals surface area contributed by atoms with Crippen molar-refractivity contribution in [2.24, 2.45) is 0 Å². The number of hydrogen-bond donors (Lipinski definition) is 0. The maximum atomic E-state index is 11.8. The number of ether oxygens (including phenoxy) is 1. The van der Waals surface area contributed by atoms with E-state index in [1.54, 1.807) is 18.3 Å². The molecule has 0 spiro atoms. The van der Waals surface area contributed by atoms with Crippen LogP contribution in [0.2, 0.25) is 10.0 Å². The number of aryl methyl sites for hydroxylation is 1. The summed E-state index contributed by atoms with van der Waals surface area (Å²) in [5.41, 5.74) is 3.80. The number of imidazole rings is 1. The fraction of sp³-hybridized carbons (Fsp3) is 0.0952. The molecule has 0 amide bonds. The lowest BCUT2D eigenvalue weighted by atomic mass is 10.3. The molecular weight excluding hydrogens is 411 g/mol. The summed E-state index contributed by atoms with van der Waals surface area (Å²) in [6.45, 7) is 3.28. The third kappa shape index (κ3) is 2.75. The second-order valence-corrected chi connectivity index (χ2v) is 7.49. The summed E-state index contributed by atoms with van der Waals surface area (Å²) in [5.74, 6) is 0.717. The fourth-order valence-electron chi connectivity index (χ4n) is 3.58. The number of esters is 1. The van der Waals surface area contributed by atoms with Crippen molar-refractivity contribution in [2.45, 2.75) is 13.8 Å². The van der Waals surface area contributed by atoms with Gasteiger partial charge in [-0.1, -0.05) is 35.3 Å². The average molecular weight is 425 g/mol. The zero-order chi connectivity index (χ0) is 20.3. The molecule has 5 rings (SSSR count). The number of carbonyl (C=O) groups excluding carboxylic acids is 1. The Hall–Kier alpha value is -3.09. The van der Waals surface area contributed by atoms with Crippen LogP contribution in [-0.2, 0) is 4.79 Å². The minimum atomic E-state index is -0.423. The van der Waals surface area contributed by atoms with Crippen molar-refractivity contribution in [3.63, 3.8) is 0 Å². The van der Waals surface area contributed by atoms with Gasteiger partial charge in [0.25, 0.3) is 0 Å². The molecule has 0 saturated carbocycles. The Labute approximate surface area is 175 Å². The number of nitrogens with zero attached hydrogens (tertiary/aromatic N) is 4. The Morgan fingerprint density at radius 1 is 1.03 bits per heavy atom. The van der Waals surface area contributed by atoms with Crippen LogP contribution in [0.4, 0.5) is 0 Å². The van der Waals surface area contributed by atoms with E-state index in [9.17, 15) is 4.79 Å². The molecule has 144 valence electrons. The van der Waals surface area contributed by atoms with Crippen molar-refractivity contribution in [3.05, 3.63) is 64.5 Å². The highest BCUT2D eigenvalue weighted by molar-refractivity contribution is 6.42. The van der Waals surface area contributed by atoms with Crippen LogP contribution >= 0.6 is 23.2 Å². The van der Waals surface area contributed by atoms with Gasteiger partial charge in [-0.05, 0) is 37.3 Å². The molecule has 0 aliphatic rings. The molecule has 0 aliphatic carbocycles. The monoisotopic (exact) mass is 424 g/mol. The van der Waals surface area contributed by atoms with Gasteiger partial charge in [0.2, 0.25) is 0 Å². The molecular formula is C21H14Cl2N4O2. The van der Waals surface area contributed by atoms with Gasteiger partial charge in [-0.15, -0.1) is 0 Å². The van der Waals surface area contributed by atoms with E-state index in [4.69, 9.17) is 37.9 Å². The van der Waals surface area contributed by atoms with Crippen molar-refractivity contribution >= 4 is 56.9 Å². The Bertz CT molecular complexity index is 1450. The van der Waals surface area contributed by atoms with E-state index in [2.05, 4.69) is 0 Å². The molecule has 0 unspecified atom stereocenters. The quantitative estimate of drug-likeness (QED) is 0.357.